The maximum Gasteiger partial charge on any atom is 0.179 e. The number of hydrogen-bond donors (Lipinski definition) is 2. The number of rotatable bonds is 3. The van der Waals surface area contributed by atoms with Crippen LogP contribution in [0.15, 0.2) is 30.3 Å². The first-order valence-corrected chi connectivity index (χ1v) is 6.75. The van der Waals surface area contributed by atoms with Crippen molar-refractivity contribution in [3.05, 3.63) is 52.8 Å². The molecule has 0 aliphatic heterocycles. The molecule has 0 unspecified atom stereocenters. The molecule has 2 aromatic heterocycles. The summed E-state index contributed by atoms with van der Waals surface area (Å²) < 4.78 is 0. The normalized spacial score (nSPS) is 10.9. The minimum Gasteiger partial charge on any atom is -0.373 e. The third-order valence-electron chi connectivity index (χ3n) is 3.51. The largest absolute Gasteiger partial charge is 0.373 e. The number of hydrogen-bond acceptors (Lipinski definition) is 3. The molecular formula is C16H18N4. The van der Waals surface area contributed by atoms with Crippen LogP contribution < -0.4 is 5.32 Å². The number of benzene rings is 1. The number of nitrogens with zero attached hydrogens (tertiary/aromatic N) is 2. The van der Waals surface area contributed by atoms with Crippen LogP contribution >= 0.6 is 0 Å². The Labute approximate surface area is 118 Å². The van der Waals surface area contributed by atoms with Crippen LogP contribution in [0.4, 0.5) is 5.82 Å². The zero-order valence-corrected chi connectivity index (χ0v) is 12.0. The van der Waals surface area contributed by atoms with Crippen LogP contribution in [0.5, 0.6) is 0 Å². The van der Waals surface area contributed by atoms with Crippen molar-refractivity contribution in [3.63, 3.8) is 0 Å². The van der Waals surface area contributed by atoms with Gasteiger partial charge in [0.1, 0.15) is 11.6 Å². The van der Waals surface area contributed by atoms with Gasteiger partial charge in [-0.25, -0.2) is 9.97 Å². The smallest absolute Gasteiger partial charge is 0.179 e. The summed E-state index contributed by atoms with van der Waals surface area (Å²) in [7, 11) is 1.86. The van der Waals surface area contributed by atoms with Crippen LogP contribution in [-0.4, -0.2) is 22.0 Å². The zero-order chi connectivity index (χ0) is 14.1. The lowest BCUT2D eigenvalue weighted by molar-refractivity contribution is 1.02. The predicted molar refractivity (Wildman–Crippen MR) is 82.2 cm³/mol. The summed E-state index contributed by atoms with van der Waals surface area (Å²) in [5, 5.41) is 3.03. The summed E-state index contributed by atoms with van der Waals surface area (Å²) in [4.78, 5) is 12.4. The molecule has 4 nitrogen and oxygen atoms in total. The number of imidazole rings is 1. The Kier molecular flexibility index (Phi) is 3.14. The van der Waals surface area contributed by atoms with Gasteiger partial charge in [-0.3, -0.25) is 0 Å². The molecule has 0 aliphatic carbocycles. The van der Waals surface area contributed by atoms with Gasteiger partial charge in [0.05, 0.1) is 5.52 Å². The van der Waals surface area contributed by atoms with E-state index in [1.807, 2.05) is 19.2 Å². The maximum atomic E-state index is 4.58. The van der Waals surface area contributed by atoms with E-state index in [2.05, 4.69) is 52.3 Å². The van der Waals surface area contributed by atoms with Gasteiger partial charge in [0.25, 0.3) is 0 Å². The average molecular weight is 266 g/mol. The number of aromatic nitrogens is 3. The second kappa shape index (κ2) is 4.96. The molecule has 20 heavy (non-hydrogen) atoms. The number of aryl methyl sites for hydroxylation is 2. The van der Waals surface area contributed by atoms with Gasteiger partial charge in [-0.15, -0.1) is 0 Å². The molecule has 1 aromatic carbocycles. The molecular weight excluding hydrogens is 248 g/mol. The fraction of sp³-hybridized carbons (Fsp3) is 0.250. The molecule has 0 amide bonds. The fourth-order valence-electron chi connectivity index (χ4n) is 2.34. The summed E-state index contributed by atoms with van der Waals surface area (Å²) in [6.45, 7) is 4.25. The second-order valence-corrected chi connectivity index (χ2v) is 5.11. The topological polar surface area (TPSA) is 53.6 Å². The Morgan fingerprint density at radius 2 is 1.95 bits per heavy atom. The zero-order valence-electron chi connectivity index (χ0n) is 12.0. The number of aromatic amines is 1. The molecule has 0 bridgehead atoms. The Bertz CT molecular complexity index is 758. The first kappa shape index (κ1) is 12.7. The molecule has 2 heterocycles. The third kappa shape index (κ3) is 2.37. The van der Waals surface area contributed by atoms with Crippen LogP contribution in [0, 0.1) is 13.8 Å². The monoisotopic (exact) mass is 266 g/mol. The van der Waals surface area contributed by atoms with E-state index in [4.69, 9.17) is 0 Å². The number of anilines is 1. The summed E-state index contributed by atoms with van der Waals surface area (Å²) in [6, 6.07) is 10.5. The summed E-state index contributed by atoms with van der Waals surface area (Å²) in [5.41, 5.74) is 5.61. The number of H-pyrrole nitrogens is 1. The standard InChI is InChI=1S/C16H18N4/c1-10-4-5-11(2)12(8-10)9-15-18-13-6-7-14(17-3)19-16(13)20-15/h4-8H,9H2,1-3H3,(H2,17,18,19,20). The van der Waals surface area contributed by atoms with Crippen molar-refractivity contribution in [1.29, 1.82) is 0 Å². The van der Waals surface area contributed by atoms with Crippen molar-refractivity contribution in [2.45, 2.75) is 20.3 Å². The molecule has 3 aromatic rings. The Morgan fingerprint density at radius 3 is 2.75 bits per heavy atom. The molecule has 0 saturated carbocycles. The van der Waals surface area contributed by atoms with Gasteiger partial charge < -0.3 is 10.3 Å². The Balaban J connectivity index is 1.96. The van der Waals surface area contributed by atoms with Gasteiger partial charge >= 0.3 is 0 Å². The van der Waals surface area contributed by atoms with Crippen molar-refractivity contribution in [2.75, 3.05) is 12.4 Å². The summed E-state index contributed by atoms with van der Waals surface area (Å²) in [6.07, 6.45) is 0.804. The SMILES string of the molecule is CNc1ccc2[nH]c(Cc3cc(C)ccc3C)nc2n1. The Morgan fingerprint density at radius 1 is 1.10 bits per heavy atom. The van der Waals surface area contributed by atoms with E-state index in [0.717, 1.165) is 29.2 Å². The summed E-state index contributed by atoms with van der Waals surface area (Å²) in [5.74, 6) is 1.79. The van der Waals surface area contributed by atoms with Crippen LogP contribution in [0.2, 0.25) is 0 Å². The van der Waals surface area contributed by atoms with Gasteiger partial charge in [0, 0.05) is 13.5 Å². The highest BCUT2D eigenvalue weighted by molar-refractivity contribution is 5.73. The van der Waals surface area contributed by atoms with Crippen molar-refractivity contribution in [1.82, 2.24) is 15.0 Å². The van der Waals surface area contributed by atoms with Crippen LogP contribution in [0.3, 0.4) is 0 Å². The van der Waals surface area contributed by atoms with Gasteiger partial charge in [0.2, 0.25) is 0 Å². The summed E-state index contributed by atoms with van der Waals surface area (Å²) >= 11 is 0. The maximum absolute atomic E-state index is 4.58. The molecule has 0 radical (unpaired) electrons. The quantitative estimate of drug-likeness (QED) is 0.765. The van der Waals surface area contributed by atoms with E-state index in [9.17, 15) is 0 Å². The molecule has 0 spiro atoms. The molecule has 102 valence electrons. The molecule has 0 saturated heterocycles. The van der Waals surface area contributed by atoms with Gasteiger partial charge in [-0.1, -0.05) is 23.8 Å². The van der Waals surface area contributed by atoms with E-state index >= 15 is 0 Å². The average Bonchev–Trinajstić information content (AvgIpc) is 2.84. The van der Waals surface area contributed by atoms with Gasteiger partial charge in [-0.05, 0) is 37.1 Å². The molecule has 4 heteroatoms. The Hall–Kier alpha value is -2.36. The van der Waals surface area contributed by atoms with Crippen molar-refractivity contribution >= 4 is 17.0 Å². The highest BCUT2D eigenvalue weighted by atomic mass is 15.0. The highest BCUT2D eigenvalue weighted by Gasteiger charge is 2.07. The number of pyridine rings is 1. The van der Waals surface area contributed by atoms with Crippen LogP contribution in [0.25, 0.3) is 11.2 Å². The van der Waals surface area contributed by atoms with Gasteiger partial charge in [0.15, 0.2) is 5.65 Å². The molecule has 0 aliphatic rings. The lowest BCUT2D eigenvalue weighted by Gasteiger charge is -2.04. The van der Waals surface area contributed by atoms with Crippen LogP contribution in [-0.2, 0) is 6.42 Å². The van der Waals surface area contributed by atoms with E-state index in [1.165, 1.54) is 16.7 Å². The van der Waals surface area contributed by atoms with E-state index < -0.39 is 0 Å². The minimum absolute atomic E-state index is 0.761. The van der Waals surface area contributed by atoms with Crippen molar-refractivity contribution in [2.24, 2.45) is 0 Å². The van der Waals surface area contributed by atoms with Gasteiger partial charge in [-0.2, -0.15) is 0 Å². The number of nitrogens with one attached hydrogen (secondary N) is 2. The van der Waals surface area contributed by atoms with Crippen molar-refractivity contribution < 1.29 is 0 Å². The lowest BCUT2D eigenvalue weighted by atomic mass is 10.0. The minimum atomic E-state index is 0.761. The predicted octanol–water partition coefficient (Wildman–Crippen LogP) is 3.21. The second-order valence-electron chi connectivity index (χ2n) is 5.11. The van der Waals surface area contributed by atoms with E-state index in [1.54, 1.807) is 0 Å². The van der Waals surface area contributed by atoms with Crippen LogP contribution in [0.1, 0.15) is 22.5 Å². The van der Waals surface area contributed by atoms with E-state index in [0.29, 0.717) is 0 Å². The lowest BCUT2D eigenvalue weighted by Crippen LogP contribution is -1.94. The first-order chi connectivity index (χ1) is 9.65. The molecule has 0 atom stereocenters. The van der Waals surface area contributed by atoms with Crippen molar-refractivity contribution in [3.8, 4) is 0 Å². The molecule has 3 rings (SSSR count). The van der Waals surface area contributed by atoms with E-state index in [-0.39, 0.29) is 0 Å². The fourth-order valence-corrected chi connectivity index (χ4v) is 2.34. The third-order valence-corrected chi connectivity index (χ3v) is 3.51. The number of fused-ring (bicyclic) bond motifs is 1. The molecule has 2 N–H and O–H groups in total. The molecule has 0 fully saturated rings. The highest BCUT2D eigenvalue weighted by Crippen LogP contribution is 2.17. The first-order valence-electron chi connectivity index (χ1n) is 6.75.